The number of carbonyl (C=O) groups is 1. The molecule has 0 bridgehead atoms. The zero-order valence-corrected chi connectivity index (χ0v) is 11.8. The lowest BCUT2D eigenvalue weighted by Gasteiger charge is -2.30. The Morgan fingerprint density at radius 1 is 1.62 bits per heavy atom. The number of hydrogen-bond acceptors (Lipinski definition) is 2. The zero-order chi connectivity index (χ0) is 11.7. The van der Waals surface area contributed by atoms with Crippen molar-refractivity contribution in [2.75, 3.05) is 13.1 Å². The van der Waals surface area contributed by atoms with Crippen LogP contribution in [0, 0.1) is 9.49 Å². The number of aromatic nitrogens is 2. The Morgan fingerprint density at radius 2 is 2.38 bits per heavy atom. The van der Waals surface area contributed by atoms with Gasteiger partial charge in [0.2, 0.25) is 0 Å². The van der Waals surface area contributed by atoms with Crippen molar-refractivity contribution in [2.24, 2.45) is 13.0 Å². The molecule has 1 saturated heterocycles. The van der Waals surface area contributed by atoms with Crippen molar-refractivity contribution >= 4 is 28.5 Å². The molecule has 1 aliphatic rings. The van der Waals surface area contributed by atoms with Gasteiger partial charge in [-0.2, -0.15) is 5.10 Å². The van der Waals surface area contributed by atoms with Crippen LogP contribution in [0.3, 0.4) is 0 Å². The van der Waals surface area contributed by atoms with E-state index >= 15 is 0 Å². The summed E-state index contributed by atoms with van der Waals surface area (Å²) >= 11 is 2.17. The van der Waals surface area contributed by atoms with Gasteiger partial charge in [0.1, 0.15) is 5.69 Å². The second-order valence-electron chi connectivity index (χ2n) is 4.46. The molecule has 2 heterocycles. The molecule has 5 heteroatoms. The average Bonchev–Trinajstić information content (AvgIpc) is 2.58. The van der Waals surface area contributed by atoms with E-state index in [-0.39, 0.29) is 5.91 Å². The molecular formula is C11H16IN3O. The molecule has 0 aliphatic carbocycles. The summed E-state index contributed by atoms with van der Waals surface area (Å²) in [4.78, 5) is 14.3. The van der Waals surface area contributed by atoms with E-state index in [9.17, 15) is 4.79 Å². The molecule has 16 heavy (non-hydrogen) atoms. The lowest BCUT2D eigenvalue weighted by molar-refractivity contribution is 0.0670. The first kappa shape index (κ1) is 11.9. The van der Waals surface area contributed by atoms with E-state index < -0.39 is 0 Å². The number of halogens is 1. The number of hydrogen-bond donors (Lipinski definition) is 0. The van der Waals surface area contributed by atoms with Crippen molar-refractivity contribution in [3.05, 3.63) is 15.5 Å². The summed E-state index contributed by atoms with van der Waals surface area (Å²) in [6, 6.07) is 0. The minimum Gasteiger partial charge on any atom is -0.337 e. The second kappa shape index (κ2) is 4.73. The van der Waals surface area contributed by atoms with Gasteiger partial charge in [0.25, 0.3) is 5.91 Å². The van der Waals surface area contributed by atoms with Gasteiger partial charge < -0.3 is 4.90 Å². The first-order chi connectivity index (χ1) is 7.59. The predicted octanol–water partition coefficient (Wildman–Crippen LogP) is 1.90. The van der Waals surface area contributed by atoms with Gasteiger partial charge in [0.15, 0.2) is 0 Å². The van der Waals surface area contributed by atoms with Gasteiger partial charge in [-0.1, -0.05) is 6.92 Å². The average molecular weight is 333 g/mol. The fourth-order valence-corrected chi connectivity index (χ4v) is 2.88. The van der Waals surface area contributed by atoms with Crippen LogP contribution in [0.25, 0.3) is 0 Å². The number of aryl methyl sites for hydroxylation is 1. The number of rotatable bonds is 1. The lowest BCUT2D eigenvalue weighted by atomic mass is 10.00. The Labute approximate surface area is 109 Å². The van der Waals surface area contributed by atoms with E-state index in [1.165, 1.54) is 6.42 Å². The van der Waals surface area contributed by atoms with Crippen molar-refractivity contribution in [3.63, 3.8) is 0 Å². The summed E-state index contributed by atoms with van der Waals surface area (Å²) < 4.78 is 2.60. The molecule has 1 aromatic heterocycles. The quantitative estimate of drug-likeness (QED) is 0.737. The third kappa shape index (κ3) is 2.23. The van der Waals surface area contributed by atoms with Gasteiger partial charge in [-0.3, -0.25) is 9.48 Å². The van der Waals surface area contributed by atoms with Crippen molar-refractivity contribution in [3.8, 4) is 0 Å². The molecular weight excluding hydrogens is 317 g/mol. The van der Waals surface area contributed by atoms with Crippen LogP contribution in [0.2, 0.25) is 0 Å². The van der Waals surface area contributed by atoms with Crippen LogP contribution in [0.1, 0.15) is 30.3 Å². The molecule has 4 nitrogen and oxygen atoms in total. The SMILES string of the molecule is CC1CCCN(C(=O)c2c(I)cnn2C)C1. The van der Waals surface area contributed by atoms with Crippen LogP contribution in [0.5, 0.6) is 0 Å². The monoisotopic (exact) mass is 333 g/mol. The number of likely N-dealkylation sites (tertiary alicyclic amines) is 1. The summed E-state index contributed by atoms with van der Waals surface area (Å²) in [5.41, 5.74) is 0.717. The highest BCUT2D eigenvalue weighted by molar-refractivity contribution is 14.1. The van der Waals surface area contributed by atoms with Gasteiger partial charge in [-0.15, -0.1) is 0 Å². The number of nitrogens with zero attached hydrogens (tertiary/aromatic N) is 3. The first-order valence-electron chi connectivity index (χ1n) is 5.56. The fourth-order valence-electron chi connectivity index (χ4n) is 2.17. The Kier molecular flexibility index (Phi) is 3.51. The zero-order valence-electron chi connectivity index (χ0n) is 9.61. The molecule has 0 saturated carbocycles. The van der Waals surface area contributed by atoms with E-state index in [2.05, 4.69) is 34.6 Å². The molecule has 1 atom stereocenters. The second-order valence-corrected chi connectivity index (χ2v) is 5.63. The van der Waals surface area contributed by atoms with Crippen molar-refractivity contribution in [1.82, 2.24) is 14.7 Å². The van der Waals surface area contributed by atoms with Gasteiger partial charge >= 0.3 is 0 Å². The van der Waals surface area contributed by atoms with Crippen LogP contribution >= 0.6 is 22.6 Å². The Hall–Kier alpha value is -0.590. The van der Waals surface area contributed by atoms with Crippen molar-refractivity contribution < 1.29 is 4.79 Å². The minimum absolute atomic E-state index is 0.121. The smallest absolute Gasteiger partial charge is 0.273 e. The van der Waals surface area contributed by atoms with Crippen molar-refractivity contribution in [2.45, 2.75) is 19.8 Å². The molecule has 1 aliphatic heterocycles. The molecule has 1 aromatic rings. The van der Waals surface area contributed by atoms with Gasteiger partial charge in [0, 0.05) is 20.1 Å². The topological polar surface area (TPSA) is 38.1 Å². The highest BCUT2D eigenvalue weighted by atomic mass is 127. The molecule has 0 radical (unpaired) electrons. The number of carbonyl (C=O) groups excluding carboxylic acids is 1. The standard InChI is InChI=1S/C11H16IN3O/c1-8-4-3-5-15(7-8)11(16)10-9(12)6-13-14(10)2/h6,8H,3-5,7H2,1-2H3. The number of amides is 1. The minimum atomic E-state index is 0.121. The van der Waals surface area contributed by atoms with E-state index in [0.29, 0.717) is 5.92 Å². The first-order valence-corrected chi connectivity index (χ1v) is 6.64. The van der Waals surface area contributed by atoms with E-state index in [1.54, 1.807) is 10.9 Å². The summed E-state index contributed by atoms with van der Waals surface area (Å²) in [5.74, 6) is 0.736. The fraction of sp³-hybridized carbons (Fsp3) is 0.636. The molecule has 2 rings (SSSR count). The van der Waals surface area contributed by atoms with Crippen LogP contribution in [-0.2, 0) is 7.05 Å². The molecule has 0 spiro atoms. The molecule has 1 unspecified atom stereocenters. The van der Waals surface area contributed by atoms with E-state index in [0.717, 1.165) is 28.8 Å². The van der Waals surface area contributed by atoms with Gasteiger partial charge in [0.05, 0.1) is 9.77 Å². The molecule has 88 valence electrons. The lowest BCUT2D eigenvalue weighted by Crippen LogP contribution is -2.40. The normalized spacial score (nSPS) is 21.2. The summed E-state index contributed by atoms with van der Waals surface area (Å²) in [6.45, 7) is 3.96. The summed E-state index contributed by atoms with van der Waals surface area (Å²) in [7, 11) is 1.82. The molecule has 1 amide bonds. The molecule has 0 N–H and O–H groups in total. The maximum Gasteiger partial charge on any atom is 0.273 e. The predicted molar refractivity (Wildman–Crippen MR) is 70.2 cm³/mol. The van der Waals surface area contributed by atoms with Crippen LogP contribution in [-0.4, -0.2) is 33.7 Å². The Bertz CT molecular complexity index is 382. The summed E-state index contributed by atoms with van der Waals surface area (Å²) in [5, 5.41) is 4.11. The summed E-state index contributed by atoms with van der Waals surface area (Å²) in [6.07, 6.45) is 4.08. The highest BCUT2D eigenvalue weighted by Gasteiger charge is 2.25. The van der Waals surface area contributed by atoms with Gasteiger partial charge in [-0.25, -0.2) is 0 Å². The Balaban J connectivity index is 2.18. The largest absolute Gasteiger partial charge is 0.337 e. The Morgan fingerprint density at radius 3 is 2.94 bits per heavy atom. The van der Waals surface area contributed by atoms with E-state index in [4.69, 9.17) is 0 Å². The van der Waals surface area contributed by atoms with Crippen molar-refractivity contribution in [1.29, 1.82) is 0 Å². The van der Waals surface area contributed by atoms with Gasteiger partial charge in [-0.05, 0) is 41.4 Å². The van der Waals surface area contributed by atoms with Crippen LogP contribution in [0.4, 0.5) is 0 Å². The van der Waals surface area contributed by atoms with E-state index in [1.807, 2.05) is 11.9 Å². The third-order valence-electron chi connectivity index (χ3n) is 3.04. The van der Waals surface area contributed by atoms with Crippen LogP contribution in [0.15, 0.2) is 6.20 Å². The number of piperidine rings is 1. The van der Waals surface area contributed by atoms with Crippen LogP contribution < -0.4 is 0 Å². The highest BCUT2D eigenvalue weighted by Crippen LogP contribution is 2.19. The maximum absolute atomic E-state index is 12.3. The molecule has 0 aromatic carbocycles. The maximum atomic E-state index is 12.3. The third-order valence-corrected chi connectivity index (χ3v) is 3.83. The molecule has 1 fully saturated rings.